The molecule has 0 atom stereocenters. The first-order chi connectivity index (χ1) is 15.8. The van der Waals surface area contributed by atoms with Crippen molar-refractivity contribution in [2.24, 2.45) is 0 Å². The van der Waals surface area contributed by atoms with E-state index >= 15 is 0 Å². The SMILES string of the molecule is COC(=O)c1c(NC(=S)Nc2ccc(OCc3ccccc3)cc2)sc(C(=O)N(C)C)c1C. The molecular formula is C24H25N3O4S2. The van der Waals surface area contributed by atoms with Crippen molar-refractivity contribution >= 4 is 51.2 Å². The summed E-state index contributed by atoms with van der Waals surface area (Å²) in [4.78, 5) is 26.7. The molecule has 7 nitrogen and oxygen atoms in total. The maximum atomic E-state index is 12.5. The summed E-state index contributed by atoms with van der Waals surface area (Å²) in [6, 6.07) is 17.3. The fourth-order valence-corrected chi connectivity index (χ4v) is 4.50. The van der Waals surface area contributed by atoms with Crippen LogP contribution >= 0.6 is 23.6 Å². The Morgan fingerprint density at radius 3 is 2.30 bits per heavy atom. The smallest absolute Gasteiger partial charge is 0.341 e. The summed E-state index contributed by atoms with van der Waals surface area (Å²) >= 11 is 6.59. The van der Waals surface area contributed by atoms with Gasteiger partial charge in [-0.2, -0.15) is 0 Å². The van der Waals surface area contributed by atoms with E-state index in [1.807, 2.05) is 54.6 Å². The second kappa shape index (κ2) is 10.9. The molecular weight excluding hydrogens is 458 g/mol. The fraction of sp³-hybridized carbons (Fsp3) is 0.208. The van der Waals surface area contributed by atoms with Gasteiger partial charge in [-0.05, 0) is 54.5 Å². The normalized spacial score (nSPS) is 10.3. The average Bonchev–Trinajstić information content (AvgIpc) is 3.13. The van der Waals surface area contributed by atoms with Gasteiger partial charge >= 0.3 is 5.97 Å². The fourth-order valence-electron chi connectivity index (χ4n) is 3.00. The molecule has 0 spiro atoms. The van der Waals surface area contributed by atoms with E-state index in [0.29, 0.717) is 27.6 Å². The van der Waals surface area contributed by atoms with Gasteiger partial charge in [-0.1, -0.05) is 30.3 Å². The highest BCUT2D eigenvalue weighted by atomic mass is 32.1. The number of rotatable bonds is 7. The van der Waals surface area contributed by atoms with Gasteiger partial charge in [-0.25, -0.2) is 4.79 Å². The first kappa shape index (κ1) is 24.2. The van der Waals surface area contributed by atoms with Crippen molar-refractivity contribution in [2.45, 2.75) is 13.5 Å². The van der Waals surface area contributed by atoms with Crippen molar-refractivity contribution in [3.05, 3.63) is 76.2 Å². The van der Waals surface area contributed by atoms with Crippen molar-refractivity contribution in [3.63, 3.8) is 0 Å². The van der Waals surface area contributed by atoms with E-state index in [2.05, 4.69) is 10.6 Å². The number of ether oxygens (including phenoxy) is 2. The lowest BCUT2D eigenvalue weighted by Gasteiger charge is -2.12. The topological polar surface area (TPSA) is 79.9 Å². The Labute approximate surface area is 202 Å². The highest BCUT2D eigenvalue weighted by Gasteiger charge is 2.26. The molecule has 1 aromatic heterocycles. The Kier molecular flexibility index (Phi) is 8.02. The number of thiophene rings is 1. The van der Waals surface area contributed by atoms with Crippen LogP contribution < -0.4 is 15.4 Å². The molecule has 0 unspecified atom stereocenters. The number of amides is 1. The number of nitrogens with zero attached hydrogens (tertiary/aromatic N) is 1. The third-order valence-corrected chi connectivity index (χ3v) is 6.12. The van der Waals surface area contributed by atoms with Crippen molar-refractivity contribution < 1.29 is 19.1 Å². The Morgan fingerprint density at radius 1 is 1.03 bits per heavy atom. The highest BCUT2D eigenvalue weighted by molar-refractivity contribution is 7.80. The quantitative estimate of drug-likeness (QED) is 0.364. The van der Waals surface area contributed by atoms with Crippen LogP contribution in [-0.4, -0.2) is 43.1 Å². The summed E-state index contributed by atoms with van der Waals surface area (Å²) in [5.41, 5.74) is 2.68. The van der Waals surface area contributed by atoms with Gasteiger partial charge in [0.05, 0.1) is 17.6 Å². The number of hydrogen-bond donors (Lipinski definition) is 2. The standard InChI is InChI=1S/C24H25N3O4S2/c1-15-19(23(29)30-4)21(33-20(15)22(28)27(2)3)26-24(32)25-17-10-12-18(13-11-17)31-14-16-8-6-5-7-9-16/h5-13H,14H2,1-4H3,(H2,25,26,32). The van der Waals surface area contributed by atoms with Gasteiger partial charge in [0.15, 0.2) is 5.11 Å². The molecule has 0 aliphatic rings. The third kappa shape index (κ3) is 6.09. The minimum Gasteiger partial charge on any atom is -0.489 e. The maximum absolute atomic E-state index is 12.5. The third-order valence-electron chi connectivity index (χ3n) is 4.72. The van der Waals surface area contributed by atoms with Gasteiger partial charge in [-0.3, -0.25) is 4.79 Å². The number of thiocarbonyl (C=S) groups is 1. The van der Waals surface area contributed by atoms with Crippen LogP contribution in [0, 0.1) is 6.92 Å². The summed E-state index contributed by atoms with van der Waals surface area (Å²) in [5.74, 6) is 0.00410. The zero-order valence-corrected chi connectivity index (χ0v) is 20.4. The van der Waals surface area contributed by atoms with Gasteiger partial charge in [0.25, 0.3) is 5.91 Å². The molecule has 1 heterocycles. The number of nitrogens with one attached hydrogen (secondary N) is 2. The van der Waals surface area contributed by atoms with Gasteiger partial charge in [0.2, 0.25) is 0 Å². The molecule has 2 N–H and O–H groups in total. The van der Waals surface area contributed by atoms with Crippen molar-refractivity contribution in [3.8, 4) is 5.75 Å². The molecule has 0 aliphatic carbocycles. The first-order valence-corrected chi connectivity index (χ1v) is 11.3. The van der Waals surface area contributed by atoms with E-state index in [0.717, 1.165) is 28.3 Å². The second-order valence-corrected chi connectivity index (χ2v) is 8.76. The summed E-state index contributed by atoms with van der Waals surface area (Å²) in [6.45, 7) is 2.20. The lowest BCUT2D eigenvalue weighted by atomic mass is 10.1. The molecule has 0 bridgehead atoms. The molecule has 9 heteroatoms. The van der Waals surface area contributed by atoms with Crippen LogP contribution in [0.25, 0.3) is 0 Å². The van der Waals surface area contributed by atoms with E-state index in [1.54, 1.807) is 21.0 Å². The number of anilines is 2. The van der Waals surface area contributed by atoms with Crippen LogP contribution in [0.15, 0.2) is 54.6 Å². The van der Waals surface area contributed by atoms with Crippen LogP contribution in [0.3, 0.4) is 0 Å². The molecule has 0 fully saturated rings. The van der Waals surface area contributed by atoms with Crippen LogP contribution in [0.4, 0.5) is 10.7 Å². The minimum absolute atomic E-state index is 0.194. The Hall–Kier alpha value is -3.43. The Balaban J connectivity index is 1.68. The number of hydrogen-bond acceptors (Lipinski definition) is 6. The van der Waals surface area contributed by atoms with Crippen LogP contribution in [0.5, 0.6) is 5.75 Å². The molecule has 33 heavy (non-hydrogen) atoms. The molecule has 172 valence electrons. The molecule has 0 saturated carbocycles. The van der Waals surface area contributed by atoms with Crippen molar-refractivity contribution in [1.82, 2.24) is 4.90 Å². The first-order valence-electron chi connectivity index (χ1n) is 10.1. The number of methoxy groups -OCH3 is 1. The predicted molar refractivity (Wildman–Crippen MR) is 135 cm³/mol. The zero-order valence-electron chi connectivity index (χ0n) is 18.8. The van der Waals surface area contributed by atoms with Crippen LogP contribution in [0.2, 0.25) is 0 Å². The number of carbonyl (C=O) groups excluding carboxylic acids is 2. The minimum atomic E-state index is -0.535. The lowest BCUT2D eigenvalue weighted by Crippen LogP contribution is -2.21. The van der Waals surface area contributed by atoms with E-state index in [1.165, 1.54) is 12.0 Å². The highest BCUT2D eigenvalue weighted by Crippen LogP contribution is 2.34. The zero-order chi connectivity index (χ0) is 24.0. The summed E-state index contributed by atoms with van der Waals surface area (Å²) < 4.78 is 10.7. The Bertz CT molecular complexity index is 1140. The summed E-state index contributed by atoms with van der Waals surface area (Å²) in [5, 5.41) is 6.84. The van der Waals surface area contributed by atoms with E-state index in [4.69, 9.17) is 21.7 Å². The van der Waals surface area contributed by atoms with Crippen molar-refractivity contribution in [1.29, 1.82) is 0 Å². The largest absolute Gasteiger partial charge is 0.489 e. The van der Waals surface area contributed by atoms with Crippen LogP contribution in [-0.2, 0) is 11.3 Å². The molecule has 0 aliphatic heterocycles. The van der Waals surface area contributed by atoms with E-state index in [-0.39, 0.29) is 11.0 Å². The lowest BCUT2D eigenvalue weighted by molar-refractivity contribution is 0.0601. The predicted octanol–water partition coefficient (Wildman–Crippen LogP) is 4.93. The molecule has 1 amide bonds. The van der Waals surface area contributed by atoms with Gasteiger partial charge in [0.1, 0.15) is 17.4 Å². The second-order valence-electron chi connectivity index (χ2n) is 7.33. The van der Waals surface area contributed by atoms with Crippen molar-refractivity contribution in [2.75, 3.05) is 31.8 Å². The molecule has 3 aromatic rings. The van der Waals surface area contributed by atoms with Crippen LogP contribution in [0.1, 0.15) is 31.2 Å². The number of benzene rings is 2. The van der Waals surface area contributed by atoms with E-state index < -0.39 is 5.97 Å². The maximum Gasteiger partial charge on any atom is 0.341 e. The molecule has 0 radical (unpaired) electrons. The summed E-state index contributed by atoms with van der Waals surface area (Å²) in [6.07, 6.45) is 0. The summed E-state index contributed by atoms with van der Waals surface area (Å²) in [7, 11) is 4.62. The molecule has 3 rings (SSSR count). The van der Waals surface area contributed by atoms with E-state index in [9.17, 15) is 9.59 Å². The van der Waals surface area contributed by atoms with Gasteiger partial charge in [-0.15, -0.1) is 11.3 Å². The molecule has 0 saturated heterocycles. The average molecular weight is 484 g/mol. The number of carbonyl (C=O) groups is 2. The number of esters is 1. The monoisotopic (exact) mass is 483 g/mol. The van der Waals surface area contributed by atoms with Gasteiger partial charge in [0, 0.05) is 19.8 Å². The molecule has 2 aromatic carbocycles. The van der Waals surface area contributed by atoms with Gasteiger partial charge < -0.3 is 25.0 Å². The Morgan fingerprint density at radius 2 is 1.70 bits per heavy atom.